The molecule has 1 aromatic carbocycles. The van der Waals surface area contributed by atoms with E-state index in [2.05, 4.69) is 10.2 Å². The zero-order valence-corrected chi connectivity index (χ0v) is 17.9. The van der Waals surface area contributed by atoms with Gasteiger partial charge in [0, 0.05) is 30.6 Å². The van der Waals surface area contributed by atoms with Crippen molar-refractivity contribution in [2.24, 2.45) is 0 Å². The maximum Gasteiger partial charge on any atom is 0.261 e. The molecule has 0 aliphatic rings. The van der Waals surface area contributed by atoms with Crippen LogP contribution in [0.5, 0.6) is 5.88 Å². The zero-order chi connectivity index (χ0) is 23.5. The summed E-state index contributed by atoms with van der Waals surface area (Å²) in [6.07, 6.45) is 2.89. The van der Waals surface area contributed by atoms with Gasteiger partial charge in [-0.1, -0.05) is 12.1 Å². The fourth-order valence-corrected chi connectivity index (χ4v) is 4.03. The van der Waals surface area contributed by atoms with Crippen molar-refractivity contribution in [2.45, 2.75) is 18.2 Å². The van der Waals surface area contributed by atoms with Crippen LogP contribution in [0.1, 0.15) is 6.42 Å². The number of ether oxygens (including phenoxy) is 1. The molecule has 0 saturated carbocycles. The predicted molar refractivity (Wildman–Crippen MR) is 111 cm³/mol. The Hall–Kier alpha value is -3.58. The molecule has 2 aromatic heterocycles. The molecule has 170 valence electrons. The van der Waals surface area contributed by atoms with Crippen molar-refractivity contribution in [1.82, 2.24) is 25.0 Å². The minimum Gasteiger partial charge on any atom is -0.479 e. The molecule has 1 amide bonds. The Labute approximate surface area is 181 Å². The maximum absolute atomic E-state index is 14.7. The minimum absolute atomic E-state index is 0.0524. The molecule has 0 fully saturated rings. The summed E-state index contributed by atoms with van der Waals surface area (Å²) in [5, 5.41) is 15.3. The monoisotopic (exact) mass is 465 g/mol. The van der Waals surface area contributed by atoms with Gasteiger partial charge >= 0.3 is 0 Å². The third-order valence-electron chi connectivity index (χ3n) is 4.72. The number of nitrogens with one attached hydrogen (secondary N) is 1. The van der Waals surface area contributed by atoms with Crippen molar-refractivity contribution in [1.29, 1.82) is 0 Å². The molecule has 0 saturated heterocycles. The van der Waals surface area contributed by atoms with E-state index in [0.717, 1.165) is 23.1 Å². The maximum atomic E-state index is 14.7. The predicted octanol–water partition coefficient (Wildman–Crippen LogP) is 0.552. The van der Waals surface area contributed by atoms with Crippen molar-refractivity contribution in [3.05, 3.63) is 58.9 Å². The number of nitrogens with zero attached hydrogens (tertiary/aromatic N) is 4. The lowest BCUT2D eigenvalue weighted by molar-refractivity contribution is -0.128. The number of aromatic nitrogens is 4. The highest BCUT2D eigenvalue weighted by molar-refractivity contribution is 7.92. The lowest BCUT2D eigenvalue weighted by atomic mass is 10.1. The molecule has 2 N–H and O–H groups in total. The summed E-state index contributed by atoms with van der Waals surface area (Å²) in [4.78, 5) is 25.4. The van der Waals surface area contributed by atoms with Gasteiger partial charge in [-0.05, 0) is 24.1 Å². The number of carbonyl (C=O) groups excluding carboxylic acids is 1. The summed E-state index contributed by atoms with van der Waals surface area (Å²) in [7, 11) is -2.39. The highest BCUT2D eigenvalue weighted by atomic mass is 32.2. The molecule has 3 aromatic rings. The van der Waals surface area contributed by atoms with E-state index < -0.39 is 32.4 Å². The van der Waals surface area contributed by atoms with Crippen molar-refractivity contribution >= 4 is 15.7 Å². The van der Waals surface area contributed by atoms with Crippen LogP contribution in [0.4, 0.5) is 4.39 Å². The summed E-state index contributed by atoms with van der Waals surface area (Å²) in [6, 6.07) is 7.56. The van der Waals surface area contributed by atoms with Gasteiger partial charge in [-0.3, -0.25) is 14.8 Å². The van der Waals surface area contributed by atoms with E-state index in [9.17, 15) is 22.4 Å². The van der Waals surface area contributed by atoms with Gasteiger partial charge in [0.15, 0.2) is 9.84 Å². The number of aryl methyl sites for hydroxylation is 1. The molecule has 1 atom stereocenters. The van der Waals surface area contributed by atoms with Crippen LogP contribution in [0.15, 0.2) is 47.5 Å². The second-order valence-corrected chi connectivity index (χ2v) is 9.10. The van der Waals surface area contributed by atoms with Crippen LogP contribution in [0.25, 0.3) is 16.8 Å². The molecule has 0 aliphatic carbocycles. The summed E-state index contributed by atoms with van der Waals surface area (Å²) < 4.78 is 44.2. The Bertz CT molecular complexity index is 1290. The van der Waals surface area contributed by atoms with Crippen LogP contribution in [-0.4, -0.2) is 57.7 Å². The van der Waals surface area contributed by atoms with E-state index in [1.165, 1.54) is 23.6 Å². The average molecular weight is 465 g/mol. The Balaban J connectivity index is 1.82. The molecule has 13 heteroatoms. The Morgan fingerprint density at radius 1 is 1.31 bits per heavy atom. The van der Waals surface area contributed by atoms with Gasteiger partial charge in [-0.15, -0.1) is 9.90 Å². The molecule has 2 heterocycles. The molecule has 0 aliphatic heterocycles. The lowest BCUT2D eigenvalue weighted by Gasteiger charge is -2.14. The van der Waals surface area contributed by atoms with Crippen LogP contribution >= 0.6 is 0 Å². The Morgan fingerprint density at radius 3 is 2.56 bits per heavy atom. The molecule has 0 bridgehead atoms. The number of halogens is 1. The number of hydrogen-bond acceptors (Lipinski definition) is 8. The van der Waals surface area contributed by atoms with E-state index in [1.807, 2.05) is 0 Å². The van der Waals surface area contributed by atoms with E-state index in [-0.39, 0.29) is 18.5 Å². The third-order valence-corrected chi connectivity index (χ3v) is 6.20. The summed E-state index contributed by atoms with van der Waals surface area (Å²) in [5.74, 6) is -1.50. The van der Waals surface area contributed by atoms with Crippen LogP contribution in [0.2, 0.25) is 0 Å². The van der Waals surface area contributed by atoms with E-state index in [4.69, 9.17) is 9.94 Å². The van der Waals surface area contributed by atoms with E-state index in [0.29, 0.717) is 17.1 Å². The topological polar surface area (TPSA) is 145 Å². The van der Waals surface area contributed by atoms with Gasteiger partial charge < -0.3 is 9.30 Å². The van der Waals surface area contributed by atoms with Gasteiger partial charge in [0.1, 0.15) is 17.3 Å². The highest BCUT2D eigenvalue weighted by Crippen LogP contribution is 2.23. The number of amides is 1. The lowest BCUT2D eigenvalue weighted by Crippen LogP contribution is -2.39. The number of carbonyl (C=O) groups is 1. The number of hydroxylamine groups is 1. The normalized spacial score (nSPS) is 12.4. The Kier molecular flexibility index (Phi) is 6.69. The highest BCUT2D eigenvalue weighted by Gasteiger charge is 2.28. The largest absolute Gasteiger partial charge is 0.479 e. The second-order valence-electron chi connectivity index (χ2n) is 6.87. The molecule has 3 rings (SSSR count). The first kappa shape index (κ1) is 23.1. The summed E-state index contributed by atoms with van der Waals surface area (Å²) in [5.41, 5.74) is 1.79. The van der Waals surface area contributed by atoms with Gasteiger partial charge in [-0.25, -0.2) is 18.3 Å². The quantitative estimate of drug-likeness (QED) is 0.362. The molecule has 11 nitrogen and oxygen atoms in total. The fraction of sp³-hybridized carbons (Fsp3) is 0.263. The molecule has 32 heavy (non-hydrogen) atoms. The van der Waals surface area contributed by atoms with Crippen LogP contribution < -0.4 is 15.8 Å². The van der Waals surface area contributed by atoms with Crippen LogP contribution in [0.3, 0.4) is 0 Å². The van der Waals surface area contributed by atoms with Crippen molar-refractivity contribution < 1.29 is 27.5 Å². The molecule has 0 unspecified atom stereocenters. The van der Waals surface area contributed by atoms with Crippen molar-refractivity contribution in [2.75, 3.05) is 13.4 Å². The molecular formula is C19H20FN5O6S. The van der Waals surface area contributed by atoms with Crippen molar-refractivity contribution in [3.63, 3.8) is 0 Å². The first-order chi connectivity index (χ1) is 15.1. The SMILES string of the molecule is COc1cnn(-c2ccc(-c3cc(=O)n(CC[C@H](C(=O)NO)S(C)(=O)=O)cc3F)cc2)n1. The number of methoxy groups -OCH3 is 1. The molecule has 0 spiro atoms. The molecule has 0 radical (unpaired) electrons. The minimum atomic E-state index is -3.85. The van der Waals surface area contributed by atoms with Crippen LogP contribution in [0, 0.1) is 5.82 Å². The van der Waals surface area contributed by atoms with E-state index in [1.54, 1.807) is 24.3 Å². The Morgan fingerprint density at radius 2 is 2.00 bits per heavy atom. The van der Waals surface area contributed by atoms with Crippen molar-refractivity contribution in [3.8, 4) is 22.7 Å². The van der Waals surface area contributed by atoms with Gasteiger partial charge in [0.2, 0.25) is 0 Å². The second kappa shape index (κ2) is 9.28. The van der Waals surface area contributed by atoms with E-state index >= 15 is 0 Å². The third kappa shape index (κ3) is 5.00. The fourth-order valence-electron chi connectivity index (χ4n) is 3.05. The number of sulfone groups is 1. The number of benzene rings is 1. The smallest absolute Gasteiger partial charge is 0.261 e. The van der Waals surface area contributed by atoms with Gasteiger partial charge in [0.25, 0.3) is 17.3 Å². The standard InChI is InChI=1S/C19H20FN5O6S/c1-31-17-10-21-25(22-17)13-5-3-12(4-6-13)14-9-18(26)24(11-15(14)20)8-7-16(19(27)23-28)32(2,29)30/h3-6,9-11,16,28H,7-8H2,1-2H3,(H,23,27)/t16-/m1/s1. The first-order valence-corrected chi connectivity index (χ1v) is 11.2. The number of pyridine rings is 1. The number of rotatable bonds is 8. The zero-order valence-electron chi connectivity index (χ0n) is 17.1. The van der Waals surface area contributed by atoms with Gasteiger partial charge in [-0.2, -0.15) is 5.10 Å². The van der Waals surface area contributed by atoms with Crippen LogP contribution in [-0.2, 0) is 21.2 Å². The number of hydrogen-bond donors (Lipinski definition) is 2. The summed E-state index contributed by atoms with van der Waals surface area (Å²) in [6.45, 7) is -0.243. The molecular weight excluding hydrogens is 445 g/mol. The summed E-state index contributed by atoms with van der Waals surface area (Å²) >= 11 is 0. The average Bonchev–Trinajstić information content (AvgIpc) is 3.24. The van der Waals surface area contributed by atoms with Gasteiger partial charge in [0.05, 0.1) is 12.8 Å². The first-order valence-electron chi connectivity index (χ1n) is 9.24.